The van der Waals surface area contributed by atoms with Gasteiger partial charge in [0.1, 0.15) is 0 Å². The van der Waals surface area contributed by atoms with E-state index in [0.29, 0.717) is 10.0 Å². The number of nitrogens with zero attached hydrogens (tertiary/aromatic N) is 2. The summed E-state index contributed by atoms with van der Waals surface area (Å²) in [4.78, 5) is 0. The van der Waals surface area contributed by atoms with E-state index in [1.807, 2.05) is 43.4 Å². The Kier molecular flexibility index (Phi) is 3.94. The molecule has 0 spiro atoms. The molecule has 0 N–H and O–H groups in total. The van der Waals surface area contributed by atoms with Crippen LogP contribution in [0.5, 0.6) is 0 Å². The number of allylic oxidation sites excluding steroid dienone is 1. The Balaban J connectivity index is 2.15. The third kappa shape index (κ3) is 2.67. The van der Waals surface area contributed by atoms with Crippen molar-refractivity contribution in [1.82, 2.24) is 5.01 Å². The molecule has 1 aliphatic rings. The second-order valence-corrected chi connectivity index (χ2v) is 6.05. The predicted molar refractivity (Wildman–Crippen MR) is 90.8 cm³/mol. The second-order valence-electron chi connectivity index (χ2n) is 5.20. The quantitative estimate of drug-likeness (QED) is 0.779. The van der Waals surface area contributed by atoms with E-state index in [0.717, 1.165) is 23.4 Å². The summed E-state index contributed by atoms with van der Waals surface area (Å²) < 4.78 is 0. The number of hydrogen-bond donors (Lipinski definition) is 0. The zero-order valence-corrected chi connectivity index (χ0v) is 13.5. The van der Waals surface area contributed by atoms with Crippen molar-refractivity contribution < 1.29 is 0 Å². The summed E-state index contributed by atoms with van der Waals surface area (Å²) in [6, 6.07) is 14.1. The van der Waals surface area contributed by atoms with Gasteiger partial charge in [0.2, 0.25) is 0 Å². The molecule has 0 aliphatic carbocycles. The molecule has 1 aliphatic heterocycles. The fourth-order valence-corrected chi connectivity index (χ4v) is 3.24. The van der Waals surface area contributed by atoms with E-state index in [1.54, 1.807) is 6.07 Å². The largest absolute Gasteiger partial charge is 0.274 e. The van der Waals surface area contributed by atoms with Crippen LogP contribution in [-0.2, 0) is 6.42 Å². The Labute approximate surface area is 135 Å². The number of halogens is 2. The lowest BCUT2D eigenvalue weighted by Gasteiger charge is -2.37. The minimum absolute atomic E-state index is 0.653. The summed E-state index contributed by atoms with van der Waals surface area (Å²) in [5.41, 5.74) is 4.47. The molecule has 2 aromatic carbocycles. The zero-order valence-electron chi connectivity index (χ0n) is 12.0. The summed E-state index contributed by atoms with van der Waals surface area (Å²) in [5.74, 6) is 0. The first kappa shape index (κ1) is 14.5. The first-order chi connectivity index (χ1) is 10.1. The minimum atomic E-state index is 0.653. The summed E-state index contributed by atoms with van der Waals surface area (Å²) in [7, 11) is 4.03. The number of rotatable bonds is 2. The van der Waals surface area contributed by atoms with Crippen molar-refractivity contribution in [1.29, 1.82) is 0 Å². The van der Waals surface area contributed by atoms with Crippen molar-refractivity contribution in [2.24, 2.45) is 0 Å². The van der Waals surface area contributed by atoms with Gasteiger partial charge in [-0.3, -0.25) is 5.01 Å². The van der Waals surface area contributed by atoms with E-state index >= 15 is 0 Å². The summed E-state index contributed by atoms with van der Waals surface area (Å²) in [6.45, 7) is 0. The SMILES string of the molecule is CN(C)N1C(c2ccccc2)=CCc2c(Cl)cc(Cl)cc21. The maximum atomic E-state index is 6.35. The van der Waals surface area contributed by atoms with Gasteiger partial charge in [0.05, 0.1) is 11.4 Å². The first-order valence-electron chi connectivity index (χ1n) is 6.79. The van der Waals surface area contributed by atoms with Crippen molar-refractivity contribution in [3.05, 3.63) is 69.7 Å². The zero-order chi connectivity index (χ0) is 15.0. The van der Waals surface area contributed by atoms with Crippen LogP contribution in [-0.4, -0.2) is 19.1 Å². The summed E-state index contributed by atoms with van der Waals surface area (Å²) in [6.07, 6.45) is 3.01. The molecule has 0 amide bonds. The van der Waals surface area contributed by atoms with Gasteiger partial charge in [-0.25, -0.2) is 5.01 Å². The average molecular weight is 319 g/mol. The third-order valence-electron chi connectivity index (χ3n) is 3.56. The van der Waals surface area contributed by atoms with E-state index in [4.69, 9.17) is 23.2 Å². The summed E-state index contributed by atoms with van der Waals surface area (Å²) in [5, 5.41) is 5.56. The topological polar surface area (TPSA) is 6.48 Å². The molecule has 2 aromatic rings. The van der Waals surface area contributed by atoms with E-state index < -0.39 is 0 Å². The molecule has 2 nitrogen and oxygen atoms in total. The minimum Gasteiger partial charge on any atom is -0.274 e. The molecule has 0 atom stereocenters. The normalized spacial score (nSPS) is 14.1. The molecule has 3 rings (SSSR count). The molecule has 0 aromatic heterocycles. The maximum Gasteiger partial charge on any atom is 0.0645 e. The molecule has 4 heteroatoms. The monoisotopic (exact) mass is 318 g/mol. The van der Waals surface area contributed by atoms with Crippen LogP contribution in [0.2, 0.25) is 10.0 Å². The van der Waals surface area contributed by atoms with Gasteiger partial charge in [-0.2, -0.15) is 0 Å². The summed E-state index contributed by atoms with van der Waals surface area (Å²) >= 11 is 12.5. The smallest absolute Gasteiger partial charge is 0.0645 e. The average Bonchev–Trinajstić information content (AvgIpc) is 2.46. The second kappa shape index (κ2) is 5.72. The molecule has 0 bridgehead atoms. The highest BCUT2D eigenvalue weighted by Gasteiger charge is 2.24. The van der Waals surface area contributed by atoms with Crippen LogP contribution in [0.1, 0.15) is 11.1 Å². The number of hydrazine groups is 1. The Bertz CT molecular complexity index is 693. The van der Waals surface area contributed by atoms with Crippen molar-refractivity contribution in [2.45, 2.75) is 6.42 Å². The van der Waals surface area contributed by atoms with Gasteiger partial charge in [-0.05, 0) is 29.7 Å². The molecular formula is C17H16Cl2N2. The third-order valence-corrected chi connectivity index (χ3v) is 4.12. The number of hydrogen-bond acceptors (Lipinski definition) is 2. The molecular weight excluding hydrogens is 303 g/mol. The first-order valence-corrected chi connectivity index (χ1v) is 7.54. The molecule has 0 saturated carbocycles. The number of anilines is 1. The fourth-order valence-electron chi connectivity index (χ4n) is 2.68. The van der Waals surface area contributed by atoms with E-state index in [2.05, 4.69) is 23.2 Å². The van der Waals surface area contributed by atoms with Crippen LogP contribution >= 0.6 is 23.2 Å². The van der Waals surface area contributed by atoms with Gasteiger partial charge in [0.15, 0.2) is 0 Å². The molecule has 1 heterocycles. The van der Waals surface area contributed by atoms with Gasteiger partial charge in [0, 0.05) is 24.1 Å². The van der Waals surface area contributed by atoms with Crippen molar-refractivity contribution in [3.8, 4) is 0 Å². The molecule has 0 radical (unpaired) electrons. The van der Waals surface area contributed by atoms with Crippen LogP contribution in [0.4, 0.5) is 5.69 Å². The van der Waals surface area contributed by atoms with Crippen LogP contribution in [0.15, 0.2) is 48.5 Å². The molecule has 0 unspecified atom stereocenters. The van der Waals surface area contributed by atoms with E-state index in [-0.39, 0.29) is 0 Å². The lowest BCUT2D eigenvalue weighted by Crippen LogP contribution is -2.37. The van der Waals surface area contributed by atoms with Gasteiger partial charge in [-0.1, -0.05) is 59.6 Å². The fraction of sp³-hybridized carbons (Fsp3) is 0.176. The van der Waals surface area contributed by atoms with Crippen molar-refractivity contribution in [2.75, 3.05) is 19.1 Å². The van der Waals surface area contributed by atoms with E-state index in [9.17, 15) is 0 Å². The highest BCUT2D eigenvalue weighted by Crippen LogP contribution is 2.40. The standard InChI is InChI=1S/C17H16Cl2N2/c1-20(2)21-16(12-6-4-3-5-7-12)9-8-14-15(19)10-13(18)11-17(14)21/h3-7,9-11H,8H2,1-2H3. The Morgan fingerprint density at radius 1 is 1.05 bits per heavy atom. The van der Waals surface area contributed by atoms with Gasteiger partial charge in [0.25, 0.3) is 0 Å². The van der Waals surface area contributed by atoms with Crippen molar-refractivity contribution in [3.63, 3.8) is 0 Å². The lowest BCUT2D eigenvalue weighted by atomic mass is 10.0. The lowest BCUT2D eigenvalue weighted by molar-refractivity contribution is 0.418. The Hall–Kier alpha value is -1.48. The molecule has 0 saturated heterocycles. The molecule has 0 fully saturated rings. The van der Waals surface area contributed by atoms with Gasteiger partial charge < -0.3 is 0 Å². The molecule has 108 valence electrons. The van der Waals surface area contributed by atoms with Crippen LogP contribution in [0.3, 0.4) is 0 Å². The highest BCUT2D eigenvalue weighted by molar-refractivity contribution is 6.35. The Morgan fingerprint density at radius 3 is 2.43 bits per heavy atom. The Morgan fingerprint density at radius 2 is 1.76 bits per heavy atom. The van der Waals surface area contributed by atoms with Gasteiger partial charge >= 0.3 is 0 Å². The van der Waals surface area contributed by atoms with Gasteiger partial charge in [-0.15, -0.1) is 0 Å². The van der Waals surface area contributed by atoms with Crippen LogP contribution < -0.4 is 5.01 Å². The maximum absolute atomic E-state index is 6.35. The number of benzene rings is 2. The van der Waals surface area contributed by atoms with Crippen LogP contribution in [0, 0.1) is 0 Å². The molecule has 21 heavy (non-hydrogen) atoms. The highest BCUT2D eigenvalue weighted by atomic mass is 35.5. The predicted octanol–water partition coefficient (Wildman–Crippen LogP) is 4.87. The van der Waals surface area contributed by atoms with Crippen LogP contribution in [0.25, 0.3) is 5.70 Å². The van der Waals surface area contributed by atoms with E-state index in [1.165, 1.54) is 5.56 Å². The van der Waals surface area contributed by atoms with Crippen molar-refractivity contribution >= 4 is 34.6 Å². The number of fused-ring (bicyclic) bond motifs is 1.